The van der Waals surface area contributed by atoms with Crippen molar-refractivity contribution in [2.75, 3.05) is 13.2 Å². The first-order valence-electron chi connectivity index (χ1n) is 12.6. The molecule has 0 aliphatic carbocycles. The van der Waals surface area contributed by atoms with E-state index in [2.05, 4.69) is 0 Å². The molecule has 0 saturated carbocycles. The smallest absolute Gasteiger partial charge is 0.410 e. The Morgan fingerprint density at radius 2 is 1.54 bits per heavy atom. The Balaban J connectivity index is 1.43. The average Bonchev–Trinajstić information content (AvgIpc) is 3.23. The quantitative estimate of drug-likeness (QED) is 0.520. The molecule has 3 aliphatic rings. The zero-order valence-corrected chi connectivity index (χ0v) is 21.6. The van der Waals surface area contributed by atoms with Crippen molar-refractivity contribution in [3.63, 3.8) is 0 Å². The van der Waals surface area contributed by atoms with E-state index in [-0.39, 0.29) is 25.1 Å². The summed E-state index contributed by atoms with van der Waals surface area (Å²) in [6.45, 7) is 8.31. The molecule has 1 fully saturated rings. The van der Waals surface area contributed by atoms with Gasteiger partial charge >= 0.3 is 12.1 Å². The van der Waals surface area contributed by atoms with E-state index in [1.165, 1.54) is 0 Å². The summed E-state index contributed by atoms with van der Waals surface area (Å²) >= 11 is 0. The van der Waals surface area contributed by atoms with Gasteiger partial charge in [0.25, 0.3) is 11.7 Å². The normalized spacial score (nSPS) is 25.4. The van der Waals surface area contributed by atoms with Crippen molar-refractivity contribution in [3.05, 3.63) is 83.3 Å². The molecule has 1 saturated heterocycles. The van der Waals surface area contributed by atoms with Gasteiger partial charge in [0, 0.05) is 32.2 Å². The highest BCUT2D eigenvalue weighted by Crippen LogP contribution is 2.51. The monoisotopic (exact) mass is 507 g/mol. The molecule has 196 valence electrons. The van der Waals surface area contributed by atoms with Crippen LogP contribution in [0.3, 0.4) is 0 Å². The van der Waals surface area contributed by atoms with Crippen LogP contribution >= 0.6 is 0 Å². The van der Waals surface area contributed by atoms with E-state index in [0.29, 0.717) is 18.7 Å². The molecule has 0 N–H and O–H groups in total. The molecule has 1 amide bonds. The van der Waals surface area contributed by atoms with E-state index in [1.54, 1.807) is 18.7 Å². The number of hydrogen-bond acceptors (Lipinski definition) is 7. The van der Waals surface area contributed by atoms with Crippen LogP contribution in [0.25, 0.3) is 0 Å². The van der Waals surface area contributed by atoms with E-state index in [9.17, 15) is 9.59 Å². The molecule has 2 aromatic carbocycles. The van der Waals surface area contributed by atoms with Crippen molar-refractivity contribution in [3.8, 4) is 0 Å². The lowest BCUT2D eigenvalue weighted by Gasteiger charge is -2.45. The zero-order chi connectivity index (χ0) is 26.2. The molecule has 2 aromatic rings. The minimum atomic E-state index is -1.15. The summed E-state index contributed by atoms with van der Waals surface area (Å²) in [4.78, 5) is 28.3. The van der Waals surface area contributed by atoms with Crippen LogP contribution in [0.5, 0.6) is 0 Å². The summed E-state index contributed by atoms with van der Waals surface area (Å²) in [5, 5.41) is 0. The highest BCUT2D eigenvalue weighted by atomic mass is 16.8. The van der Waals surface area contributed by atoms with Crippen LogP contribution < -0.4 is 0 Å². The Morgan fingerprint density at radius 3 is 2.19 bits per heavy atom. The number of ether oxygens (including phenoxy) is 5. The highest BCUT2D eigenvalue weighted by molar-refractivity contribution is 5.91. The first-order chi connectivity index (χ1) is 17.6. The number of nitrogens with zero attached hydrogens (tertiary/aromatic N) is 1. The number of benzene rings is 2. The van der Waals surface area contributed by atoms with Crippen LogP contribution in [0.2, 0.25) is 0 Å². The third-order valence-electron chi connectivity index (χ3n) is 7.18. The number of cyclic esters (lactones) is 1. The fraction of sp³-hybridized carbons (Fsp3) is 0.448. The lowest BCUT2D eigenvalue weighted by molar-refractivity contribution is -0.248. The number of likely N-dealkylation sites (tertiary alicyclic amines) is 1. The molecule has 8 nitrogen and oxygen atoms in total. The van der Waals surface area contributed by atoms with Gasteiger partial charge in [0.1, 0.15) is 17.8 Å². The van der Waals surface area contributed by atoms with Gasteiger partial charge in [0.15, 0.2) is 0 Å². The van der Waals surface area contributed by atoms with Gasteiger partial charge in [-0.05, 0) is 25.0 Å². The molecule has 0 radical (unpaired) electrons. The van der Waals surface area contributed by atoms with Gasteiger partial charge in [-0.15, -0.1) is 0 Å². The van der Waals surface area contributed by atoms with Gasteiger partial charge in [0.05, 0.1) is 19.3 Å². The van der Waals surface area contributed by atoms with Gasteiger partial charge in [-0.3, -0.25) is 0 Å². The van der Waals surface area contributed by atoms with Crippen molar-refractivity contribution < 1.29 is 33.3 Å². The Morgan fingerprint density at radius 1 is 0.919 bits per heavy atom. The van der Waals surface area contributed by atoms with Gasteiger partial charge < -0.3 is 28.6 Å². The summed E-state index contributed by atoms with van der Waals surface area (Å²) in [7, 11) is 0. The van der Waals surface area contributed by atoms with Crippen LogP contribution in [0.4, 0.5) is 4.79 Å². The molecule has 0 unspecified atom stereocenters. The summed E-state index contributed by atoms with van der Waals surface area (Å²) in [5.41, 5.74) is 1.52. The molecule has 0 aromatic heterocycles. The van der Waals surface area contributed by atoms with E-state index in [1.807, 2.05) is 74.5 Å². The number of amides is 1. The van der Waals surface area contributed by atoms with Crippen LogP contribution in [-0.4, -0.2) is 47.5 Å². The lowest BCUT2D eigenvalue weighted by Crippen LogP contribution is -2.51. The van der Waals surface area contributed by atoms with Crippen LogP contribution in [0.1, 0.15) is 38.8 Å². The maximum Gasteiger partial charge on any atom is 0.410 e. The van der Waals surface area contributed by atoms with Crippen molar-refractivity contribution in [1.82, 2.24) is 4.90 Å². The number of esters is 1. The van der Waals surface area contributed by atoms with Crippen molar-refractivity contribution in [2.45, 2.75) is 58.3 Å². The van der Waals surface area contributed by atoms with Gasteiger partial charge in [-0.1, -0.05) is 60.7 Å². The largest absolute Gasteiger partial charge is 0.459 e. The Hall–Kier alpha value is -3.52. The molecule has 37 heavy (non-hydrogen) atoms. The highest BCUT2D eigenvalue weighted by Gasteiger charge is 2.60. The number of carbonyl (C=O) groups excluding carboxylic acids is 2. The first kappa shape index (κ1) is 25.1. The molecule has 3 heterocycles. The van der Waals surface area contributed by atoms with Crippen molar-refractivity contribution in [1.29, 1.82) is 0 Å². The molecule has 3 atom stereocenters. The number of rotatable bonds is 6. The fourth-order valence-corrected chi connectivity index (χ4v) is 5.37. The van der Waals surface area contributed by atoms with Gasteiger partial charge in [-0.2, -0.15) is 0 Å². The van der Waals surface area contributed by atoms with Crippen LogP contribution in [0, 0.1) is 11.8 Å². The second-order valence-corrected chi connectivity index (χ2v) is 10.7. The predicted molar refractivity (Wildman–Crippen MR) is 134 cm³/mol. The topological polar surface area (TPSA) is 83.5 Å². The van der Waals surface area contributed by atoms with Crippen LogP contribution in [-0.2, 0) is 41.7 Å². The van der Waals surface area contributed by atoms with Crippen molar-refractivity contribution in [2.24, 2.45) is 11.8 Å². The molecule has 0 spiro atoms. The molecule has 0 bridgehead atoms. The second kappa shape index (κ2) is 9.74. The number of fused-ring (bicyclic) bond motifs is 2. The Bertz CT molecular complexity index is 1180. The maximum atomic E-state index is 13.4. The van der Waals surface area contributed by atoms with E-state index >= 15 is 0 Å². The second-order valence-electron chi connectivity index (χ2n) is 10.7. The Labute approximate surface area is 217 Å². The number of carbonyl (C=O) groups is 2. The van der Waals surface area contributed by atoms with Crippen molar-refractivity contribution >= 4 is 12.1 Å². The molecule has 5 rings (SSSR count). The third kappa shape index (κ3) is 5.16. The Kier molecular flexibility index (Phi) is 6.62. The fourth-order valence-electron chi connectivity index (χ4n) is 5.37. The average molecular weight is 508 g/mol. The summed E-state index contributed by atoms with van der Waals surface area (Å²) < 4.78 is 29.6. The summed E-state index contributed by atoms with van der Waals surface area (Å²) in [6, 6.07) is 18.9. The zero-order valence-electron chi connectivity index (χ0n) is 21.6. The maximum absolute atomic E-state index is 13.4. The van der Waals surface area contributed by atoms with Crippen LogP contribution in [0.15, 0.2) is 72.2 Å². The molecule has 3 aliphatic heterocycles. The first-order valence-corrected chi connectivity index (χ1v) is 12.6. The lowest BCUT2D eigenvalue weighted by atomic mass is 9.74. The minimum absolute atomic E-state index is 0.149. The standard InChI is InChI=1S/C29H33NO7/c1-28(2)21-15-30(27(32)34-17-20-13-9-6-10-14-20)22(18-33-16-19-11-7-5-8-12-19)23(21)24-25(31)35-29(3,4)37-26(24)36-28/h5-14,21-23H,15-18H2,1-4H3/t21-,22+,23-/m0/s1. The van der Waals surface area contributed by atoms with E-state index < -0.39 is 35.4 Å². The SMILES string of the molecule is CC1(C)OC(=O)C2=C(O1)OC(C)(C)[C@H]1CN(C(=O)OCc3ccccc3)[C@H](COCc3ccccc3)[C@@H]21. The van der Waals surface area contributed by atoms with Gasteiger partial charge in [0.2, 0.25) is 0 Å². The van der Waals surface area contributed by atoms with E-state index in [4.69, 9.17) is 23.7 Å². The minimum Gasteiger partial charge on any atom is -0.459 e. The predicted octanol–water partition coefficient (Wildman–Crippen LogP) is 4.79. The molecule has 8 heteroatoms. The summed E-state index contributed by atoms with van der Waals surface area (Å²) in [5.74, 6) is -2.07. The van der Waals surface area contributed by atoms with E-state index in [0.717, 1.165) is 11.1 Å². The summed E-state index contributed by atoms with van der Waals surface area (Å²) in [6.07, 6.45) is -0.463. The molecular formula is C29H33NO7. The number of hydrogen-bond donors (Lipinski definition) is 0. The molecular weight excluding hydrogens is 474 g/mol. The van der Waals surface area contributed by atoms with Gasteiger partial charge in [-0.25, -0.2) is 9.59 Å². The third-order valence-corrected chi connectivity index (χ3v) is 7.18.